The van der Waals surface area contributed by atoms with E-state index in [2.05, 4.69) is 0 Å². The summed E-state index contributed by atoms with van der Waals surface area (Å²) in [5.41, 5.74) is 1.01. The molecule has 0 saturated carbocycles. The fourth-order valence-electron chi connectivity index (χ4n) is 3.61. The summed E-state index contributed by atoms with van der Waals surface area (Å²) in [6, 6.07) is 16.7. The topological polar surface area (TPSA) is 76.1 Å². The number of benzene rings is 2. The van der Waals surface area contributed by atoms with Crippen molar-refractivity contribution < 1.29 is 24.2 Å². The molecule has 1 amide bonds. The molecule has 1 aliphatic heterocycles. The Balaban J connectivity index is 1.85. The molecule has 1 unspecified atom stereocenters. The number of anilines is 1. The van der Waals surface area contributed by atoms with Crippen LogP contribution in [0.3, 0.4) is 0 Å². The van der Waals surface area contributed by atoms with E-state index in [9.17, 15) is 14.7 Å². The summed E-state index contributed by atoms with van der Waals surface area (Å²) in [6.45, 7) is 2.41. The zero-order chi connectivity index (χ0) is 22.0. The minimum absolute atomic E-state index is 0.0550. The van der Waals surface area contributed by atoms with Crippen molar-refractivity contribution in [1.29, 1.82) is 0 Å². The first kappa shape index (κ1) is 20.7. The Morgan fingerprint density at radius 2 is 1.84 bits per heavy atom. The average Bonchev–Trinajstić information content (AvgIpc) is 3.41. The molecule has 1 aromatic heterocycles. The van der Waals surface area contributed by atoms with E-state index in [1.165, 1.54) is 23.3 Å². The second kappa shape index (κ2) is 8.65. The van der Waals surface area contributed by atoms with Crippen molar-refractivity contribution >= 4 is 34.5 Å². The summed E-state index contributed by atoms with van der Waals surface area (Å²) in [6.07, 6.45) is 0. The molecule has 1 saturated heterocycles. The maximum atomic E-state index is 13.1. The Bertz CT molecular complexity index is 1140. The molecule has 3 aromatic rings. The van der Waals surface area contributed by atoms with Gasteiger partial charge in [0.2, 0.25) is 0 Å². The Hall–Kier alpha value is -3.58. The zero-order valence-corrected chi connectivity index (χ0v) is 17.9. The summed E-state index contributed by atoms with van der Waals surface area (Å²) in [7, 11) is 1.54. The van der Waals surface area contributed by atoms with Gasteiger partial charge in [-0.05, 0) is 54.8 Å². The number of thiophene rings is 1. The van der Waals surface area contributed by atoms with E-state index in [4.69, 9.17) is 9.47 Å². The quantitative estimate of drug-likeness (QED) is 0.343. The molecule has 158 valence electrons. The van der Waals surface area contributed by atoms with Crippen molar-refractivity contribution in [3.63, 3.8) is 0 Å². The van der Waals surface area contributed by atoms with Crippen LogP contribution in [0.2, 0.25) is 0 Å². The van der Waals surface area contributed by atoms with E-state index in [-0.39, 0.29) is 11.3 Å². The van der Waals surface area contributed by atoms with Crippen LogP contribution in [0, 0.1) is 0 Å². The van der Waals surface area contributed by atoms with Crippen molar-refractivity contribution in [2.45, 2.75) is 13.0 Å². The van der Waals surface area contributed by atoms with E-state index < -0.39 is 17.7 Å². The van der Waals surface area contributed by atoms with E-state index in [1.54, 1.807) is 48.5 Å². The van der Waals surface area contributed by atoms with Crippen LogP contribution >= 0.6 is 11.3 Å². The second-order valence-corrected chi connectivity index (χ2v) is 7.82. The summed E-state index contributed by atoms with van der Waals surface area (Å²) in [5, 5.41) is 13.0. The Kier molecular flexibility index (Phi) is 5.77. The zero-order valence-electron chi connectivity index (χ0n) is 17.1. The number of carbonyl (C=O) groups is 2. The largest absolute Gasteiger partial charge is 0.507 e. The van der Waals surface area contributed by atoms with E-state index in [0.29, 0.717) is 29.4 Å². The molecule has 4 rings (SSSR count). The van der Waals surface area contributed by atoms with E-state index >= 15 is 0 Å². The van der Waals surface area contributed by atoms with Crippen LogP contribution in [0.1, 0.15) is 23.4 Å². The average molecular weight is 436 g/mol. The molecule has 0 radical (unpaired) electrons. The number of rotatable bonds is 6. The van der Waals surface area contributed by atoms with E-state index in [0.717, 1.165) is 4.88 Å². The number of aliphatic hydroxyl groups excluding tert-OH is 1. The molecule has 7 heteroatoms. The van der Waals surface area contributed by atoms with Gasteiger partial charge in [-0.1, -0.05) is 12.1 Å². The summed E-state index contributed by atoms with van der Waals surface area (Å²) >= 11 is 1.42. The molecule has 1 fully saturated rings. The van der Waals surface area contributed by atoms with Gasteiger partial charge in [0.05, 0.1) is 19.3 Å². The van der Waals surface area contributed by atoms with Gasteiger partial charge in [0.15, 0.2) is 0 Å². The van der Waals surface area contributed by atoms with Crippen LogP contribution in [0.5, 0.6) is 11.5 Å². The highest BCUT2D eigenvalue weighted by atomic mass is 32.1. The van der Waals surface area contributed by atoms with Gasteiger partial charge >= 0.3 is 0 Å². The Morgan fingerprint density at radius 1 is 1.06 bits per heavy atom. The number of hydrogen-bond donors (Lipinski definition) is 1. The fraction of sp³-hybridized carbons (Fsp3) is 0.167. The Labute approximate surface area is 184 Å². The SMILES string of the molecule is CCOc1ccc(/C(O)=C2/C(=O)C(=O)N(c3cccc(OC)c3)C2c2cccs2)cc1. The molecule has 1 N–H and O–H groups in total. The number of ether oxygens (including phenoxy) is 2. The van der Waals surface area contributed by atoms with Crippen LogP contribution in [0.25, 0.3) is 5.76 Å². The third-order valence-electron chi connectivity index (χ3n) is 5.03. The van der Waals surface area contributed by atoms with Crippen LogP contribution in [-0.2, 0) is 9.59 Å². The number of Topliss-reactive ketones (excluding diaryl/α,β-unsaturated/α-hetero) is 1. The summed E-state index contributed by atoms with van der Waals surface area (Å²) < 4.78 is 10.7. The van der Waals surface area contributed by atoms with Gasteiger partial charge < -0.3 is 14.6 Å². The standard InChI is InChI=1S/C24H21NO5S/c1-3-30-17-11-9-15(10-12-17)22(26)20-21(19-8-5-13-31-19)25(24(28)23(20)27)16-6-4-7-18(14-16)29-2/h4-14,21,26H,3H2,1-2H3/b22-20-. The maximum absolute atomic E-state index is 13.1. The predicted molar refractivity (Wildman–Crippen MR) is 120 cm³/mol. The molecule has 6 nitrogen and oxygen atoms in total. The number of ketones is 1. The molecule has 0 spiro atoms. The first-order valence-corrected chi connectivity index (χ1v) is 10.6. The predicted octanol–water partition coefficient (Wildman–Crippen LogP) is 4.78. The third-order valence-corrected chi connectivity index (χ3v) is 5.95. The van der Waals surface area contributed by atoms with Crippen LogP contribution < -0.4 is 14.4 Å². The molecular weight excluding hydrogens is 414 g/mol. The fourth-order valence-corrected chi connectivity index (χ4v) is 4.43. The first-order chi connectivity index (χ1) is 15.0. The smallest absolute Gasteiger partial charge is 0.300 e. The lowest BCUT2D eigenvalue weighted by atomic mass is 9.99. The number of hydrogen-bond acceptors (Lipinski definition) is 6. The lowest BCUT2D eigenvalue weighted by Gasteiger charge is -2.24. The van der Waals surface area contributed by atoms with Crippen molar-refractivity contribution in [3.05, 3.63) is 82.1 Å². The van der Waals surface area contributed by atoms with Gasteiger partial charge in [0, 0.05) is 22.2 Å². The van der Waals surface area contributed by atoms with Crippen LogP contribution in [-0.4, -0.2) is 30.5 Å². The molecule has 1 atom stereocenters. The van der Waals surface area contributed by atoms with Gasteiger partial charge in [-0.2, -0.15) is 0 Å². The van der Waals surface area contributed by atoms with Crippen molar-refractivity contribution in [2.75, 3.05) is 18.6 Å². The van der Waals surface area contributed by atoms with Crippen LogP contribution in [0.15, 0.2) is 71.6 Å². The molecule has 1 aliphatic rings. The molecular formula is C24H21NO5S. The van der Waals surface area contributed by atoms with Gasteiger partial charge in [-0.25, -0.2) is 0 Å². The monoisotopic (exact) mass is 435 g/mol. The van der Waals surface area contributed by atoms with Gasteiger partial charge in [-0.15, -0.1) is 11.3 Å². The number of methoxy groups -OCH3 is 1. The molecule has 0 bridgehead atoms. The van der Waals surface area contributed by atoms with Crippen molar-refractivity contribution in [1.82, 2.24) is 0 Å². The van der Waals surface area contributed by atoms with Gasteiger partial charge in [0.25, 0.3) is 11.7 Å². The normalized spacial score (nSPS) is 17.7. The van der Waals surface area contributed by atoms with Crippen molar-refractivity contribution in [3.8, 4) is 11.5 Å². The highest BCUT2D eigenvalue weighted by Gasteiger charge is 2.47. The van der Waals surface area contributed by atoms with Crippen LogP contribution in [0.4, 0.5) is 5.69 Å². The first-order valence-electron chi connectivity index (χ1n) is 9.76. The lowest BCUT2D eigenvalue weighted by molar-refractivity contribution is -0.132. The lowest BCUT2D eigenvalue weighted by Crippen LogP contribution is -2.29. The highest BCUT2D eigenvalue weighted by molar-refractivity contribution is 7.10. The molecule has 31 heavy (non-hydrogen) atoms. The molecule has 2 aromatic carbocycles. The Morgan fingerprint density at radius 3 is 2.48 bits per heavy atom. The number of amides is 1. The molecule has 2 heterocycles. The minimum Gasteiger partial charge on any atom is -0.507 e. The highest BCUT2D eigenvalue weighted by Crippen LogP contribution is 2.44. The number of nitrogens with zero attached hydrogens (tertiary/aromatic N) is 1. The summed E-state index contributed by atoms with van der Waals surface area (Å²) in [4.78, 5) is 28.3. The number of aliphatic hydroxyl groups is 1. The van der Waals surface area contributed by atoms with E-state index in [1.807, 2.05) is 24.4 Å². The minimum atomic E-state index is -0.737. The molecule has 0 aliphatic carbocycles. The number of carbonyl (C=O) groups excluding carboxylic acids is 2. The van der Waals surface area contributed by atoms with Crippen molar-refractivity contribution in [2.24, 2.45) is 0 Å². The second-order valence-electron chi connectivity index (χ2n) is 6.84. The van der Waals surface area contributed by atoms with Gasteiger partial charge in [0.1, 0.15) is 23.3 Å². The maximum Gasteiger partial charge on any atom is 0.300 e. The third kappa shape index (κ3) is 3.80. The van der Waals surface area contributed by atoms with Gasteiger partial charge in [-0.3, -0.25) is 14.5 Å². The summed E-state index contributed by atoms with van der Waals surface area (Å²) in [5.74, 6) is -0.418.